The number of urea groups is 1. The first kappa shape index (κ1) is 14.3. The number of rotatable bonds is 2. The van der Waals surface area contributed by atoms with Crippen molar-refractivity contribution in [2.45, 2.75) is 25.4 Å². The Kier molecular flexibility index (Phi) is 3.15. The molecule has 4 rings (SSSR count). The fourth-order valence-corrected chi connectivity index (χ4v) is 3.18. The van der Waals surface area contributed by atoms with Gasteiger partial charge in [-0.05, 0) is 25.8 Å². The van der Waals surface area contributed by atoms with Crippen molar-refractivity contribution in [1.82, 2.24) is 19.5 Å². The standard InChI is InChI=1S/C15H20N6O2/c1-15(23)9-20(10-15)14(22)17-11-8-16-21-7-4-12(18-13(11)21)19-5-2-3-6-19/h4,7-8,23H,2-3,5-6,9-10H2,1H3,(H,17,22). The van der Waals surface area contributed by atoms with E-state index in [1.807, 2.05) is 12.3 Å². The maximum Gasteiger partial charge on any atom is 0.322 e. The molecule has 2 aliphatic rings. The van der Waals surface area contributed by atoms with Crippen molar-refractivity contribution < 1.29 is 9.90 Å². The molecule has 0 saturated carbocycles. The molecule has 0 bridgehead atoms. The van der Waals surface area contributed by atoms with Crippen LogP contribution in [-0.4, -0.2) is 62.4 Å². The normalized spacial score (nSPS) is 19.9. The van der Waals surface area contributed by atoms with Crippen molar-refractivity contribution in [3.8, 4) is 0 Å². The summed E-state index contributed by atoms with van der Waals surface area (Å²) in [5.41, 5.74) is 0.442. The van der Waals surface area contributed by atoms with E-state index in [0.29, 0.717) is 24.4 Å². The summed E-state index contributed by atoms with van der Waals surface area (Å²) >= 11 is 0. The van der Waals surface area contributed by atoms with Crippen LogP contribution in [0.4, 0.5) is 16.3 Å². The van der Waals surface area contributed by atoms with E-state index in [2.05, 4.69) is 20.3 Å². The van der Waals surface area contributed by atoms with E-state index < -0.39 is 5.60 Å². The van der Waals surface area contributed by atoms with Crippen molar-refractivity contribution in [2.75, 3.05) is 36.4 Å². The molecular weight excluding hydrogens is 296 g/mol. The number of hydrogen-bond acceptors (Lipinski definition) is 5. The molecule has 23 heavy (non-hydrogen) atoms. The quantitative estimate of drug-likeness (QED) is 0.861. The van der Waals surface area contributed by atoms with Gasteiger partial charge in [-0.1, -0.05) is 0 Å². The number of nitrogens with zero attached hydrogens (tertiary/aromatic N) is 5. The fourth-order valence-electron chi connectivity index (χ4n) is 3.18. The molecule has 2 aliphatic heterocycles. The number of β-amino-alcohol motifs (C(OH)–C–C–N with tert-alkyl or cyclic N) is 1. The van der Waals surface area contributed by atoms with E-state index in [1.165, 1.54) is 12.8 Å². The summed E-state index contributed by atoms with van der Waals surface area (Å²) in [5.74, 6) is 0.915. The highest BCUT2D eigenvalue weighted by atomic mass is 16.3. The van der Waals surface area contributed by atoms with Gasteiger partial charge in [0.05, 0.1) is 24.9 Å². The van der Waals surface area contributed by atoms with Gasteiger partial charge in [0.25, 0.3) is 0 Å². The summed E-state index contributed by atoms with van der Waals surface area (Å²) < 4.78 is 1.65. The maximum absolute atomic E-state index is 12.2. The third kappa shape index (κ3) is 2.59. The third-order valence-corrected chi connectivity index (χ3v) is 4.38. The van der Waals surface area contributed by atoms with E-state index in [0.717, 1.165) is 18.9 Å². The number of aliphatic hydroxyl groups is 1. The minimum absolute atomic E-state index is 0.236. The van der Waals surface area contributed by atoms with Gasteiger partial charge in [0.2, 0.25) is 0 Å². The number of aromatic nitrogens is 3. The molecule has 0 aliphatic carbocycles. The van der Waals surface area contributed by atoms with Crippen LogP contribution in [0, 0.1) is 0 Å². The van der Waals surface area contributed by atoms with E-state index in [4.69, 9.17) is 0 Å². The molecule has 8 heteroatoms. The Morgan fingerprint density at radius 2 is 2.09 bits per heavy atom. The van der Waals surface area contributed by atoms with Gasteiger partial charge in [0.15, 0.2) is 5.65 Å². The zero-order valence-corrected chi connectivity index (χ0v) is 13.1. The highest BCUT2D eigenvalue weighted by molar-refractivity contribution is 5.93. The van der Waals surface area contributed by atoms with Crippen LogP contribution in [-0.2, 0) is 0 Å². The monoisotopic (exact) mass is 316 g/mol. The van der Waals surface area contributed by atoms with Crippen LogP contribution in [0.3, 0.4) is 0 Å². The van der Waals surface area contributed by atoms with Crippen LogP contribution >= 0.6 is 0 Å². The zero-order valence-electron chi connectivity index (χ0n) is 13.1. The Labute approximate surface area is 133 Å². The summed E-state index contributed by atoms with van der Waals surface area (Å²) in [7, 11) is 0. The van der Waals surface area contributed by atoms with Crippen LogP contribution in [0.1, 0.15) is 19.8 Å². The first-order chi connectivity index (χ1) is 11.0. The lowest BCUT2D eigenvalue weighted by Gasteiger charge is -2.43. The van der Waals surface area contributed by atoms with Gasteiger partial charge in [0.1, 0.15) is 11.5 Å². The van der Waals surface area contributed by atoms with E-state index in [1.54, 1.807) is 22.5 Å². The number of likely N-dealkylation sites (tertiary alicyclic amines) is 1. The zero-order chi connectivity index (χ0) is 16.0. The molecule has 8 nitrogen and oxygen atoms in total. The first-order valence-electron chi connectivity index (χ1n) is 7.89. The second-order valence-electron chi connectivity index (χ2n) is 6.59. The predicted octanol–water partition coefficient (Wildman–Crippen LogP) is 0.928. The third-order valence-electron chi connectivity index (χ3n) is 4.38. The number of carbonyl (C=O) groups excluding carboxylic acids is 1. The van der Waals surface area contributed by atoms with Crippen molar-refractivity contribution >= 4 is 23.2 Å². The number of anilines is 2. The van der Waals surface area contributed by atoms with Gasteiger partial charge < -0.3 is 20.2 Å². The second-order valence-corrected chi connectivity index (χ2v) is 6.59. The van der Waals surface area contributed by atoms with E-state index in [9.17, 15) is 9.90 Å². The van der Waals surface area contributed by atoms with Gasteiger partial charge >= 0.3 is 6.03 Å². The number of hydrogen-bond donors (Lipinski definition) is 2. The van der Waals surface area contributed by atoms with Crippen molar-refractivity contribution in [3.63, 3.8) is 0 Å². The maximum atomic E-state index is 12.2. The lowest BCUT2D eigenvalue weighted by Crippen LogP contribution is -2.62. The van der Waals surface area contributed by atoms with Crippen LogP contribution in [0.5, 0.6) is 0 Å². The highest BCUT2D eigenvalue weighted by Gasteiger charge is 2.39. The predicted molar refractivity (Wildman–Crippen MR) is 85.6 cm³/mol. The van der Waals surface area contributed by atoms with Gasteiger partial charge in [-0.2, -0.15) is 5.10 Å². The largest absolute Gasteiger partial charge is 0.386 e. The average Bonchev–Trinajstić information content (AvgIpc) is 3.14. The minimum atomic E-state index is -0.778. The molecule has 0 aromatic carbocycles. The molecule has 2 aromatic rings. The minimum Gasteiger partial charge on any atom is -0.386 e. The molecule has 2 fully saturated rings. The summed E-state index contributed by atoms with van der Waals surface area (Å²) in [6, 6.07) is 1.71. The smallest absolute Gasteiger partial charge is 0.322 e. The van der Waals surface area contributed by atoms with Crippen molar-refractivity contribution in [2.24, 2.45) is 0 Å². The Hall–Kier alpha value is -2.35. The molecule has 122 valence electrons. The Morgan fingerprint density at radius 3 is 2.78 bits per heavy atom. The Balaban J connectivity index is 1.55. The van der Waals surface area contributed by atoms with Crippen molar-refractivity contribution in [3.05, 3.63) is 18.5 Å². The molecule has 2 aromatic heterocycles. The van der Waals surface area contributed by atoms with Gasteiger partial charge in [0, 0.05) is 19.3 Å². The SMILES string of the molecule is CC1(O)CN(C(=O)Nc2cnn3ccc(N4CCCC4)nc23)C1. The van der Waals surface area contributed by atoms with E-state index in [-0.39, 0.29) is 6.03 Å². The molecule has 0 unspecified atom stereocenters. The molecule has 0 spiro atoms. The molecule has 4 heterocycles. The van der Waals surface area contributed by atoms with E-state index >= 15 is 0 Å². The lowest BCUT2D eigenvalue weighted by molar-refractivity contribution is -0.0581. The van der Waals surface area contributed by atoms with Crippen LogP contribution in [0.25, 0.3) is 5.65 Å². The Morgan fingerprint density at radius 1 is 1.35 bits per heavy atom. The second kappa shape index (κ2) is 5.09. The molecule has 0 atom stereocenters. The topological polar surface area (TPSA) is 86.0 Å². The summed E-state index contributed by atoms with van der Waals surface area (Å²) in [6.45, 7) is 4.43. The summed E-state index contributed by atoms with van der Waals surface area (Å²) in [4.78, 5) is 20.6. The fraction of sp³-hybridized carbons (Fsp3) is 0.533. The first-order valence-corrected chi connectivity index (χ1v) is 7.89. The van der Waals surface area contributed by atoms with Gasteiger partial charge in [-0.25, -0.2) is 14.3 Å². The average molecular weight is 316 g/mol. The number of fused-ring (bicyclic) bond motifs is 1. The number of amides is 2. The molecule has 0 radical (unpaired) electrons. The molecule has 2 amide bonds. The number of nitrogens with one attached hydrogen (secondary N) is 1. The highest BCUT2D eigenvalue weighted by Crippen LogP contribution is 2.24. The Bertz CT molecular complexity index is 742. The van der Waals surface area contributed by atoms with Crippen LogP contribution < -0.4 is 10.2 Å². The lowest BCUT2D eigenvalue weighted by atomic mass is 9.98. The summed E-state index contributed by atoms with van der Waals surface area (Å²) in [6.07, 6.45) is 5.83. The molecule has 2 saturated heterocycles. The summed E-state index contributed by atoms with van der Waals surface area (Å²) in [5, 5.41) is 16.8. The molecular formula is C15H20N6O2. The van der Waals surface area contributed by atoms with Gasteiger partial charge in [-0.15, -0.1) is 0 Å². The van der Waals surface area contributed by atoms with Gasteiger partial charge in [-0.3, -0.25) is 0 Å². The molecule has 2 N–H and O–H groups in total. The van der Waals surface area contributed by atoms with Crippen molar-refractivity contribution in [1.29, 1.82) is 0 Å². The van der Waals surface area contributed by atoms with Crippen LogP contribution in [0.15, 0.2) is 18.5 Å². The number of carbonyl (C=O) groups is 1. The van der Waals surface area contributed by atoms with Crippen LogP contribution in [0.2, 0.25) is 0 Å².